The maximum absolute atomic E-state index is 9.03. The van der Waals surface area contributed by atoms with Gasteiger partial charge in [-0.2, -0.15) is 0 Å². The van der Waals surface area contributed by atoms with Gasteiger partial charge in [-0.25, -0.2) is 9.97 Å². The Morgan fingerprint density at radius 3 is 2.61 bits per heavy atom. The van der Waals surface area contributed by atoms with Crippen molar-refractivity contribution in [3.63, 3.8) is 0 Å². The third-order valence-electron chi connectivity index (χ3n) is 4.56. The lowest BCUT2D eigenvalue weighted by molar-refractivity contribution is 0.293. The van der Waals surface area contributed by atoms with Gasteiger partial charge in [0.15, 0.2) is 0 Å². The molecule has 0 aliphatic carbocycles. The number of nitrogens with one attached hydrogen (secondary N) is 1. The van der Waals surface area contributed by atoms with E-state index in [1.165, 1.54) is 11.3 Å². The van der Waals surface area contributed by atoms with E-state index in [-0.39, 0.29) is 6.61 Å². The molecule has 0 unspecified atom stereocenters. The molecule has 0 saturated heterocycles. The average molecular weight is 319 g/mol. The largest absolute Gasteiger partial charge is 0.395 e. The predicted octanol–water partition coefficient (Wildman–Crippen LogP) is 2.18. The molecule has 0 aromatic carbocycles. The molecule has 0 aliphatic rings. The first-order valence-electron chi connectivity index (χ1n) is 8.51. The number of anilines is 1. The summed E-state index contributed by atoms with van der Waals surface area (Å²) in [6.45, 7) is 13.5. The SMILES string of the molecule is CCN(CC)CCCn1c(C)c(C)c2c(NCCO)ncnc21. The molecule has 0 bridgehead atoms. The van der Waals surface area contributed by atoms with E-state index in [4.69, 9.17) is 5.11 Å². The third kappa shape index (κ3) is 3.82. The van der Waals surface area contributed by atoms with E-state index in [1.54, 1.807) is 6.33 Å². The van der Waals surface area contributed by atoms with E-state index in [1.807, 2.05) is 0 Å². The minimum absolute atomic E-state index is 0.0914. The summed E-state index contributed by atoms with van der Waals surface area (Å²) in [6, 6.07) is 0. The van der Waals surface area contributed by atoms with Crippen LogP contribution in [0.1, 0.15) is 31.5 Å². The number of hydrogen-bond donors (Lipinski definition) is 2. The molecule has 0 aliphatic heterocycles. The van der Waals surface area contributed by atoms with Gasteiger partial charge in [0.05, 0.1) is 12.0 Å². The Bertz CT molecular complexity index is 633. The summed E-state index contributed by atoms with van der Waals surface area (Å²) >= 11 is 0. The molecular formula is C17H29N5O. The molecule has 6 heteroatoms. The van der Waals surface area contributed by atoms with Gasteiger partial charge in [0.1, 0.15) is 17.8 Å². The summed E-state index contributed by atoms with van der Waals surface area (Å²) in [7, 11) is 0. The molecule has 128 valence electrons. The minimum Gasteiger partial charge on any atom is -0.395 e. The van der Waals surface area contributed by atoms with Crippen LogP contribution in [0.2, 0.25) is 0 Å². The van der Waals surface area contributed by atoms with Gasteiger partial charge >= 0.3 is 0 Å². The summed E-state index contributed by atoms with van der Waals surface area (Å²) in [5, 5.41) is 13.3. The monoisotopic (exact) mass is 319 g/mol. The molecule has 0 radical (unpaired) electrons. The first kappa shape index (κ1) is 17.7. The summed E-state index contributed by atoms with van der Waals surface area (Å²) < 4.78 is 2.29. The van der Waals surface area contributed by atoms with Gasteiger partial charge < -0.3 is 19.9 Å². The van der Waals surface area contributed by atoms with Crippen molar-refractivity contribution in [1.29, 1.82) is 0 Å². The van der Waals surface area contributed by atoms with Gasteiger partial charge in [-0.05, 0) is 45.5 Å². The fraction of sp³-hybridized carbons (Fsp3) is 0.647. The number of fused-ring (bicyclic) bond motifs is 1. The minimum atomic E-state index is 0.0914. The lowest BCUT2D eigenvalue weighted by Gasteiger charge is -2.18. The van der Waals surface area contributed by atoms with Crippen molar-refractivity contribution >= 4 is 16.9 Å². The van der Waals surface area contributed by atoms with Crippen molar-refractivity contribution in [2.75, 3.05) is 38.1 Å². The molecule has 0 atom stereocenters. The van der Waals surface area contributed by atoms with Crippen molar-refractivity contribution < 1.29 is 5.11 Å². The second-order valence-electron chi connectivity index (χ2n) is 5.81. The molecule has 2 heterocycles. The lowest BCUT2D eigenvalue weighted by Crippen LogP contribution is -2.25. The molecule has 6 nitrogen and oxygen atoms in total. The number of hydrogen-bond acceptors (Lipinski definition) is 5. The van der Waals surface area contributed by atoms with Crippen LogP contribution in [0.15, 0.2) is 6.33 Å². The molecule has 0 spiro atoms. The second-order valence-corrected chi connectivity index (χ2v) is 5.81. The van der Waals surface area contributed by atoms with Crippen LogP contribution in [0.5, 0.6) is 0 Å². The predicted molar refractivity (Wildman–Crippen MR) is 95.0 cm³/mol. The molecule has 2 rings (SSSR count). The Labute approximate surface area is 138 Å². The zero-order chi connectivity index (χ0) is 16.8. The highest BCUT2D eigenvalue weighted by molar-refractivity contribution is 5.91. The summed E-state index contributed by atoms with van der Waals surface area (Å²) in [5.74, 6) is 0.812. The number of aromatic nitrogens is 3. The number of nitrogens with zero attached hydrogens (tertiary/aromatic N) is 4. The van der Waals surface area contributed by atoms with Crippen LogP contribution in [-0.4, -0.2) is 57.3 Å². The lowest BCUT2D eigenvalue weighted by atomic mass is 10.2. The van der Waals surface area contributed by atoms with Gasteiger partial charge in [-0.1, -0.05) is 13.8 Å². The summed E-state index contributed by atoms with van der Waals surface area (Å²) in [4.78, 5) is 11.3. The smallest absolute Gasteiger partial charge is 0.145 e. The van der Waals surface area contributed by atoms with E-state index in [2.05, 4.69) is 52.4 Å². The molecule has 2 aromatic rings. The standard InChI is InChI=1S/C17H29N5O/c1-5-21(6-2)9-7-10-22-14(4)13(3)15-16(18-8-11-23)19-12-20-17(15)22/h12,23H,5-11H2,1-4H3,(H,18,19,20). The zero-order valence-electron chi connectivity index (χ0n) is 14.8. The van der Waals surface area contributed by atoms with Crippen molar-refractivity contribution in [2.45, 2.75) is 40.7 Å². The van der Waals surface area contributed by atoms with Crippen LogP contribution in [-0.2, 0) is 6.54 Å². The molecule has 0 amide bonds. The fourth-order valence-electron chi connectivity index (χ4n) is 3.04. The van der Waals surface area contributed by atoms with Crippen molar-refractivity contribution in [3.05, 3.63) is 17.6 Å². The molecule has 0 fully saturated rings. The van der Waals surface area contributed by atoms with E-state index in [0.29, 0.717) is 6.54 Å². The third-order valence-corrected chi connectivity index (χ3v) is 4.56. The Morgan fingerprint density at radius 2 is 1.96 bits per heavy atom. The van der Waals surface area contributed by atoms with Gasteiger partial charge in [0.25, 0.3) is 0 Å². The van der Waals surface area contributed by atoms with Crippen LogP contribution in [0.3, 0.4) is 0 Å². The van der Waals surface area contributed by atoms with Crippen LogP contribution >= 0.6 is 0 Å². The molecule has 2 aromatic heterocycles. The van der Waals surface area contributed by atoms with Gasteiger partial charge in [-0.15, -0.1) is 0 Å². The van der Waals surface area contributed by atoms with Gasteiger partial charge in [0.2, 0.25) is 0 Å². The van der Waals surface area contributed by atoms with E-state index in [9.17, 15) is 0 Å². The fourth-order valence-corrected chi connectivity index (χ4v) is 3.04. The molecular weight excluding hydrogens is 290 g/mol. The summed E-state index contributed by atoms with van der Waals surface area (Å²) in [6.07, 6.45) is 2.71. The summed E-state index contributed by atoms with van der Waals surface area (Å²) in [5.41, 5.74) is 3.44. The maximum atomic E-state index is 9.03. The van der Waals surface area contributed by atoms with Crippen LogP contribution in [0.25, 0.3) is 11.0 Å². The van der Waals surface area contributed by atoms with Crippen LogP contribution in [0.4, 0.5) is 5.82 Å². The highest BCUT2D eigenvalue weighted by Gasteiger charge is 2.16. The Kier molecular flexibility index (Phi) is 6.36. The zero-order valence-corrected chi connectivity index (χ0v) is 14.8. The second kappa shape index (κ2) is 8.26. The first-order valence-corrected chi connectivity index (χ1v) is 8.51. The Morgan fingerprint density at radius 1 is 1.22 bits per heavy atom. The Balaban J connectivity index is 2.25. The highest BCUT2D eigenvalue weighted by atomic mass is 16.3. The molecule has 2 N–H and O–H groups in total. The first-order chi connectivity index (χ1) is 11.1. The number of rotatable bonds is 9. The van der Waals surface area contributed by atoms with Crippen LogP contribution < -0.4 is 5.32 Å². The van der Waals surface area contributed by atoms with E-state index < -0.39 is 0 Å². The van der Waals surface area contributed by atoms with Crippen molar-refractivity contribution in [3.8, 4) is 0 Å². The van der Waals surface area contributed by atoms with Crippen molar-refractivity contribution in [1.82, 2.24) is 19.4 Å². The highest BCUT2D eigenvalue weighted by Crippen LogP contribution is 2.28. The number of aliphatic hydroxyl groups excluding tert-OH is 1. The van der Waals surface area contributed by atoms with Crippen molar-refractivity contribution in [2.24, 2.45) is 0 Å². The topological polar surface area (TPSA) is 66.2 Å². The normalized spacial score (nSPS) is 11.6. The molecule has 23 heavy (non-hydrogen) atoms. The number of aliphatic hydroxyl groups is 1. The van der Waals surface area contributed by atoms with E-state index >= 15 is 0 Å². The maximum Gasteiger partial charge on any atom is 0.145 e. The van der Waals surface area contributed by atoms with Gasteiger partial charge in [0, 0.05) is 18.8 Å². The Hall–Kier alpha value is -1.66. The van der Waals surface area contributed by atoms with Crippen LogP contribution in [0, 0.1) is 13.8 Å². The number of aryl methyl sites for hydroxylation is 2. The quantitative estimate of drug-likeness (QED) is 0.741. The van der Waals surface area contributed by atoms with E-state index in [0.717, 1.165) is 49.5 Å². The molecule has 0 saturated carbocycles. The van der Waals surface area contributed by atoms with Gasteiger partial charge in [-0.3, -0.25) is 0 Å². The average Bonchev–Trinajstić information content (AvgIpc) is 2.82.